The van der Waals surface area contributed by atoms with Crippen molar-refractivity contribution in [3.63, 3.8) is 0 Å². The standard InChI is InChI=1S/C23H26FN9O3/c1-10-17-16(20(24)33(4)31-17)15-13(36-5)9-26-21(19(15)32(10)3)27-12-8-14(28-22(34)11-6-7-11)29-30-18(12)23(35)25-2/h8-11H,6-7H2,1-5H3,(H,25,35)(H2,26,27,28,29,34)/t10-/m0/s1/i2D3. The molecule has 0 saturated heterocycles. The van der Waals surface area contributed by atoms with Gasteiger partial charge in [0.15, 0.2) is 17.3 Å². The second-order valence-corrected chi connectivity index (χ2v) is 8.69. The summed E-state index contributed by atoms with van der Waals surface area (Å²) in [7, 11) is 4.72. The molecule has 0 unspecified atom stereocenters. The van der Waals surface area contributed by atoms with E-state index in [2.05, 4.69) is 30.9 Å². The molecule has 13 heteroatoms. The molecule has 1 saturated carbocycles. The lowest BCUT2D eigenvalue weighted by Gasteiger charge is -2.34. The number of carbonyl (C=O) groups is 2. The van der Waals surface area contributed by atoms with Gasteiger partial charge < -0.3 is 25.6 Å². The number of nitrogens with zero attached hydrogens (tertiary/aromatic N) is 6. The van der Waals surface area contributed by atoms with Crippen molar-refractivity contribution in [1.82, 2.24) is 30.3 Å². The van der Waals surface area contributed by atoms with Gasteiger partial charge >= 0.3 is 0 Å². The van der Waals surface area contributed by atoms with Gasteiger partial charge in [0.1, 0.15) is 5.75 Å². The molecule has 3 aromatic heterocycles. The molecule has 3 N–H and O–H groups in total. The zero-order valence-electron chi connectivity index (χ0n) is 23.0. The highest BCUT2D eigenvalue weighted by Crippen LogP contribution is 2.51. The van der Waals surface area contributed by atoms with Crippen molar-refractivity contribution in [3.05, 3.63) is 29.6 Å². The SMILES string of the molecule is [2H]C([2H])([2H])NC(=O)c1nnc(NC(=O)C2CC2)cc1Nc1ncc(OC)c2c1N(C)[C@@H](C)c1nn(C)c(F)c1-2. The molecule has 188 valence electrons. The molecule has 36 heavy (non-hydrogen) atoms. The van der Waals surface area contributed by atoms with E-state index in [-0.39, 0.29) is 46.4 Å². The van der Waals surface area contributed by atoms with E-state index in [4.69, 9.17) is 8.85 Å². The minimum absolute atomic E-state index is 0.0243. The van der Waals surface area contributed by atoms with Gasteiger partial charge in [0.25, 0.3) is 5.91 Å². The van der Waals surface area contributed by atoms with Crippen LogP contribution in [0.1, 0.15) is 46.1 Å². The monoisotopic (exact) mass is 498 g/mol. The van der Waals surface area contributed by atoms with Gasteiger partial charge in [-0.05, 0) is 19.8 Å². The quantitative estimate of drug-likeness (QED) is 0.467. The zero-order valence-corrected chi connectivity index (χ0v) is 20.0. The van der Waals surface area contributed by atoms with Crippen LogP contribution < -0.4 is 25.6 Å². The number of ether oxygens (including phenoxy) is 1. The molecule has 0 aromatic carbocycles. The highest BCUT2D eigenvalue weighted by atomic mass is 19.1. The van der Waals surface area contributed by atoms with E-state index in [1.165, 1.54) is 26.4 Å². The average molecular weight is 499 g/mol. The number of hydrogen-bond donors (Lipinski definition) is 3. The second-order valence-electron chi connectivity index (χ2n) is 8.69. The molecule has 2 amide bonds. The molecule has 1 aliphatic carbocycles. The van der Waals surface area contributed by atoms with Crippen LogP contribution in [0.3, 0.4) is 0 Å². The van der Waals surface area contributed by atoms with Crippen LogP contribution in [-0.2, 0) is 11.8 Å². The molecule has 5 rings (SSSR count). The Kier molecular flexibility index (Phi) is 4.84. The first-order valence-electron chi connectivity index (χ1n) is 12.7. The molecule has 12 nitrogen and oxygen atoms in total. The van der Waals surface area contributed by atoms with Gasteiger partial charge in [0, 0.05) is 37.2 Å². The Morgan fingerprint density at radius 3 is 2.72 bits per heavy atom. The van der Waals surface area contributed by atoms with Gasteiger partial charge in [0.2, 0.25) is 11.9 Å². The molecule has 1 atom stereocenters. The van der Waals surface area contributed by atoms with Crippen LogP contribution in [-0.4, -0.2) is 57.9 Å². The van der Waals surface area contributed by atoms with Crippen molar-refractivity contribution in [2.75, 3.05) is 36.7 Å². The molecule has 3 aromatic rings. The Hall–Kier alpha value is -4.29. The number of amides is 2. The van der Waals surface area contributed by atoms with E-state index >= 15 is 4.39 Å². The van der Waals surface area contributed by atoms with Gasteiger partial charge in [-0.3, -0.25) is 9.59 Å². The normalized spacial score (nSPS) is 17.8. The predicted molar refractivity (Wildman–Crippen MR) is 130 cm³/mol. The van der Waals surface area contributed by atoms with Gasteiger partial charge in [0.05, 0.1) is 47.5 Å². The first kappa shape index (κ1) is 20.0. The number of aryl methyl sites for hydroxylation is 1. The van der Waals surface area contributed by atoms with Crippen molar-refractivity contribution in [1.29, 1.82) is 0 Å². The molecular formula is C23H26FN9O3. The minimum Gasteiger partial charge on any atom is -0.494 e. The number of anilines is 4. The summed E-state index contributed by atoms with van der Waals surface area (Å²) in [5.41, 5.74) is 1.29. The number of halogens is 1. The third-order valence-corrected chi connectivity index (χ3v) is 6.40. The molecule has 0 radical (unpaired) electrons. The number of nitrogens with one attached hydrogen (secondary N) is 3. The fraction of sp³-hybridized carbons (Fsp3) is 0.391. The van der Waals surface area contributed by atoms with E-state index in [0.717, 1.165) is 17.5 Å². The molecule has 2 aliphatic rings. The van der Waals surface area contributed by atoms with Crippen molar-refractivity contribution < 1.29 is 22.8 Å². The second kappa shape index (κ2) is 8.73. The Morgan fingerprint density at radius 2 is 2.03 bits per heavy atom. The van der Waals surface area contributed by atoms with Gasteiger partial charge in [-0.15, -0.1) is 10.2 Å². The van der Waals surface area contributed by atoms with Crippen LogP contribution in [0.25, 0.3) is 11.1 Å². The summed E-state index contributed by atoms with van der Waals surface area (Å²) in [5.74, 6) is -1.37. The predicted octanol–water partition coefficient (Wildman–Crippen LogP) is 2.38. The summed E-state index contributed by atoms with van der Waals surface area (Å²) in [4.78, 5) is 31.4. The third kappa shape index (κ3) is 3.76. The molecule has 1 fully saturated rings. The molecule has 0 bridgehead atoms. The zero-order chi connectivity index (χ0) is 28.2. The number of hydrogen-bond acceptors (Lipinski definition) is 9. The van der Waals surface area contributed by atoms with Crippen molar-refractivity contribution >= 4 is 34.8 Å². The van der Waals surface area contributed by atoms with Crippen LogP contribution >= 0.6 is 0 Å². The van der Waals surface area contributed by atoms with Gasteiger partial charge in [-0.1, -0.05) is 0 Å². The lowest BCUT2D eigenvalue weighted by Crippen LogP contribution is -2.28. The number of aromatic nitrogens is 5. The molecule has 1 aliphatic heterocycles. The van der Waals surface area contributed by atoms with Crippen molar-refractivity contribution in [2.45, 2.75) is 25.8 Å². The number of carbonyl (C=O) groups excluding carboxylic acids is 2. The van der Waals surface area contributed by atoms with Crippen molar-refractivity contribution in [2.24, 2.45) is 13.0 Å². The Bertz CT molecular complexity index is 1490. The maximum atomic E-state index is 15.3. The topological polar surface area (TPSA) is 139 Å². The van der Waals surface area contributed by atoms with E-state index in [9.17, 15) is 9.59 Å². The van der Waals surface area contributed by atoms with E-state index in [1.807, 2.05) is 17.1 Å². The summed E-state index contributed by atoms with van der Waals surface area (Å²) in [6, 6.07) is 1.00. The summed E-state index contributed by atoms with van der Waals surface area (Å²) in [6.07, 6.45) is 2.93. The first-order chi connectivity index (χ1) is 18.4. The van der Waals surface area contributed by atoms with Crippen LogP contribution in [0.2, 0.25) is 0 Å². The summed E-state index contributed by atoms with van der Waals surface area (Å²) >= 11 is 0. The Morgan fingerprint density at radius 1 is 1.25 bits per heavy atom. The summed E-state index contributed by atoms with van der Waals surface area (Å²) in [6.45, 7) is -0.928. The number of pyridine rings is 1. The van der Waals surface area contributed by atoms with Crippen LogP contribution in [0, 0.1) is 11.9 Å². The fourth-order valence-electron chi connectivity index (χ4n) is 4.22. The minimum atomic E-state index is -2.78. The van der Waals surface area contributed by atoms with Crippen LogP contribution in [0.4, 0.5) is 27.4 Å². The lowest BCUT2D eigenvalue weighted by atomic mass is 9.94. The first-order valence-corrected chi connectivity index (χ1v) is 11.2. The highest BCUT2D eigenvalue weighted by molar-refractivity contribution is 6.01. The fourth-order valence-corrected chi connectivity index (χ4v) is 4.22. The Labute approximate surface area is 210 Å². The van der Waals surface area contributed by atoms with Crippen LogP contribution in [0.5, 0.6) is 5.75 Å². The van der Waals surface area contributed by atoms with Gasteiger partial charge in [-0.2, -0.15) is 9.49 Å². The average Bonchev–Trinajstić information content (AvgIpc) is 3.67. The smallest absolute Gasteiger partial charge is 0.273 e. The maximum absolute atomic E-state index is 15.3. The van der Waals surface area contributed by atoms with Gasteiger partial charge in [-0.25, -0.2) is 9.67 Å². The van der Waals surface area contributed by atoms with Crippen molar-refractivity contribution in [3.8, 4) is 16.9 Å². The number of methoxy groups -OCH3 is 1. The summed E-state index contributed by atoms with van der Waals surface area (Å²) < 4.78 is 44.2. The number of rotatable bonds is 6. The molecule has 0 spiro atoms. The van der Waals surface area contributed by atoms with E-state index in [1.54, 1.807) is 7.05 Å². The maximum Gasteiger partial charge on any atom is 0.273 e. The highest BCUT2D eigenvalue weighted by Gasteiger charge is 2.37. The molecule has 4 heterocycles. The molecular weight excluding hydrogens is 469 g/mol. The Balaban J connectivity index is 1.63. The third-order valence-electron chi connectivity index (χ3n) is 6.40. The number of fused-ring (bicyclic) bond motifs is 3. The lowest BCUT2D eigenvalue weighted by molar-refractivity contribution is -0.117. The summed E-state index contributed by atoms with van der Waals surface area (Å²) in [5, 5.41) is 19.7. The largest absolute Gasteiger partial charge is 0.494 e. The van der Waals surface area contributed by atoms with E-state index < -0.39 is 18.8 Å². The van der Waals surface area contributed by atoms with E-state index in [0.29, 0.717) is 22.7 Å². The van der Waals surface area contributed by atoms with Crippen LogP contribution in [0.15, 0.2) is 12.3 Å².